The van der Waals surface area contributed by atoms with Crippen LogP contribution in [-0.2, 0) is 6.42 Å². The average Bonchev–Trinajstić information content (AvgIpc) is 3.01. The SMILES string of the molecule is CC1(C)COc2c(nc3c(sc4c(=O)n(N)cnc43)c2-c2ccccc2)C1. The normalized spacial score (nSPS) is 15.6. The molecule has 0 bridgehead atoms. The number of nitrogen functional groups attached to an aromatic ring is 1. The molecule has 0 amide bonds. The van der Waals surface area contributed by atoms with Crippen LogP contribution in [0.1, 0.15) is 19.5 Å². The summed E-state index contributed by atoms with van der Waals surface area (Å²) in [7, 11) is 0. The zero-order valence-corrected chi connectivity index (χ0v) is 15.8. The molecule has 1 aromatic carbocycles. The third-order valence-electron chi connectivity index (χ3n) is 4.88. The number of thiophene rings is 1. The Morgan fingerprint density at radius 3 is 2.74 bits per heavy atom. The summed E-state index contributed by atoms with van der Waals surface area (Å²) in [6.07, 6.45) is 2.16. The molecular weight excluding hydrogens is 360 g/mol. The predicted octanol–water partition coefficient (Wildman–Crippen LogP) is 3.35. The van der Waals surface area contributed by atoms with Crippen LogP contribution in [0.15, 0.2) is 41.5 Å². The van der Waals surface area contributed by atoms with E-state index in [1.807, 2.05) is 18.2 Å². The minimum absolute atomic E-state index is 0.00482. The minimum atomic E-state index is -0.263. The van der Waals surface area contributed by atoms with Gasteiger partial charge in [0, 0.05) is 17.4 Å². The quantitative estimate of drug-likeness (QED) is 0.514. The summed E-state index contributed by atoms with van der Waals surface area (Å²) in [4.78, 5) is 21.8. The molecule has 4 heterocycles. The van der Waals surface area contributed by atoms with Crippen LogP contribution in [0.4, 0.5) is 0 Å². The lowest BCUT2D eigenvalue weighted by Gasteiger charge is -2.32. The first-order valence-electron chi connectivity index (χ1n) is 8.75. The van der Waals surface area contributed by atoms with Crippen molar-refractivity contribution in [1.82, 2.24) is 14.6 Å². The Labute approximate surface area is 159 Å². The Bertz CT molecular complexity index is 1260. The number of ether oxygens (including phenoxy) is 1. The van der Waals surface area contributed by atoms with Crippen molar-refractivity contribution >= 4 is 31.8 Å². The third kappa shape index (κ3) is 2.42. The van der Waals surface area contributed by atoms with Gasteiger partial charge in [0.05, 0.1) is 17.0 Å². The molecule has 136 valence electrons. The smallest absolute Gasteiger partial charge is 0.289 e. The minimum Gasteiger partial charge on any atom is -0.490 e. The molecule has 0 saturated carbocycles. The van der Waals surface area contributed by atoms with Crippen LogP contribution in [-0.4, -0.2) is 21.3 Å². The number of hydrogen-bond donors (Lipinski definition) is 1. The lowest BCUT2D eigenvalue weighted by Crippen LogP contribution is -2.29. The number of pyridine rings is 1. The monoisotopic (exact) mass is 378 g/mol. The molecule has 0 aliphatic carbocycles. The number of rotatable bonds is 1. The number of fused-ring (bicyclic) bond motifs is 4. The van der Waals surface area contributed by atoms with Gasteiger partial charge in [-0.25, -0.2) is 14.6 Å². The standard InChI is InChI=1S/C20H18N4O2S/c1-20(2)8-12-16(26-9-20)13(11-6-4-3-5-7-11)17-15(23-12)14-18(27-17)19(25)24(21)10-22-14/h3-7,10H,8-9,21H2,1-2H3. The molecule has 5 rings (SSSR count). The lowest BCUT2D eigenvalue weighted by molar-refractivity contribution is 0.153. The van der Waals surface area contributed by atoms with Gasteiger partial charge >= 0.3 is 0 Å². The fraction of sp³-hybridized carbons (Fsp3) is 0.250. The summed E-state index contributed by atoms with van der Waals surface area (Å²) in [6.45, 7) is 4.97. The van der Waals surface area contributed by atoms with Crippen molar-refractivity contribution in [3.05, 3.63) is 52.7 Å². The van der Waals surface area contributed by atoms with Crippen LogP contribution in [0.2, 0.25) is 0 Å². The molecule has 2 N–H and O–H groups in total. The van der Waals surface area contributed by atoms with Crippen molar-refractivity contribution in [2.24, 2.45) is 5.41 Å². The van der Waals surface area contributed by atoms with Gasteiger partial charge in [0.2, 0.25) is 0 Å². The second kappa shape index (κ2) is 5.53. The Hall–Kier alpha value is -2.93. The lowest BCUT2D eigenvalue weighted by atomic mass is 9.85. The molecular formula is C20H18N4O2S. The third-order valence-corrected chi connectivity index (χ3v) is 6.05. The average molecular weight is 378 g/mol. The van der Waals surface area contributed by atoms with Crippen molar-refractivity contribution < 1.29 is 4.74 Å². The molecule has 6 nitrogen and oxygen atoms in total. The van der Waals surface area contributed by atoms with Gasteiger partial charge in [-0.05, 0) is 5.56 Å². The maximum atomic E-state index is 12.5. The van der Waals surface area contributed by atoms with Gasteiger partial charge in [-0.1, -0.05) is 44.2 Å². The molecule has 4 aromatic rings. The van der Waals surface area contributed by atoms with Crippen LogP contribution in [0, 0.1) is 5.41 Å². The molecule has 7 heteroatoms. The zero-order chi connectivity index (χ0) is 18.8. The number of nitrogens with zero attached hydrogens (tertiary/aromatic N) is 3. The highest BCUT2D eigenvalue weighted by atomic mass is 32.1. The van der Waals surface area contributed by atoms with E-state index in [4.69, 9.17) is 15.6 Å². The van der Waals surface area contributed by atoms with Gasteiger partial charge in [0.1, 0.15) is 27.8 Å². The van der Waals surface area contributed by atoms with E-state index in [-0.39, 0.29) is 11.0 Å². The second-order valence-electron chi connectivity index (χ2n) is 7.67. The molecule has 0 atom stereocenters. The van der Waals surface area contributed by atoms with Crippen molar-refractivity contribution in [3.8, 4) is 16.9 Å². The zero-order valence-electron chi connectivity index (χ0n) is 15.0. The Balaban J connectivity index is 1.95. The van der Waals surface area contributed by atoms with E-state index < -0.39 is 0 Å². The Morgan fingerprint density at radius 2 is 1.96 bits per heavy atom. The highest BCUT2D eigenvalue weighted by Crippen LogP contribution is 2.47. The van der Waals surface area contributed by atoms with Gasteiger partial charge in [-0.15, -0.1) is 11.3 Å². The number of aromatic nitrogens is 3. The summed E-state index contributed by atoms with van der Waals surface area (Å²) in [5.41, 5.74) is 4.02. The maximum Gasteiger partial charge on any atom is 0.289 e. The van der Waals surface area contributed by atoms with Crippen molar-refractivity contribution in [1.29, 1.82) is 0 Å². The van der Waals surface area contributed by atoms with Crippen LogP contribution in [0.5, 0.6) is 5.75 Å². The highest BCUT2D eigenvalue weighted by molar-refractivity contribution is 7.26. The van der Waals surface area contributed by atoms with Crippen LogP contribution >= 0.6 is 11.3 Å². The van der Waals surface area contributed by atoms with Crippen molar-refractivity contribution in [2.45, 2.75) is 20.3 Å². The first kappa shape index (κ1) is 16.3. The summed E-state index contributed by atoms with van der Waals surface area (Å²) in [5.74, 6) is 6.53. The first-order valence-corrected chi connectivity index (χ1v) is 9.56. The molecule has 1 aliphatic heterocycles. The fourth-order valence-corrected chi connectivity index (χ4v) is 4.78. The number of nitrogens with two attached hydrogens (primary N) is 1. The van der Waals surface area contributed by atoms with E-state index in [1.165, 1.54) is 17.7 Å². The largest absolute Gasteiger partial charge is 0.490 e. The van der Waals surface area contributed by atoms with E-state index in [0.29, 0.717) is 16.8 Å². The fourth-order valence-electron chi connectivity index (χ4n) is 3.59. The van der Waals surface area contributed by atoms with Gasteiger partial charge in [0.25, 0.3) is 5.56 Å². The van der Waals surface area contributed by atoms with Crippen molar-refractivity contribution in [2.75, 3.05) is 12.4 Å². The highest BCUT2D eigenvalue weighted by Gasteiger charge is 2.32. The van der Waals surface area contributed by atoms with E-state index in [9.17, 15) is 4.79 Å². The molecule has 3 aromatic heterocycles. The number of hydrogen-bond acceptors (Lipinski definition) is 6. The number of benzene rings is 1. The predicted molar refractivity (Wildman–Crippen MR) is 108 cm³/mol. The summed E-state index contributed by atoms with van der Waals surface area (Å²) < 4.78 is 8.63. The van der Waals surface area contributed by atoms with E-state index >= 15 is 0 Å². The summed E-state index contributed by atoms with van der Waals surface area (Å²) >= 11 is 1.38. The van der Waals surface area contributed by atoms with Crippen molar-refractivity contribution in [3.63, 3.8) is 0 Å². The van der Waals surface area contributed by atoms with Gasteiger partial charge in [-0.3, -0.25) is 4.79 Å². The van der Waals surface area contributed by atoms with E-state index in [2.05, 4.69) is 31.0 Å². The van der Waals surface area contributed by atoms with Gasteiger partial charge < -0.3 is 10.6 Å². The first-order chi connectivity index (χ1) is 12.9. The van der Waals surface area contributed by atoms with Crippen LogP contribution in [0.25, 0.3) is 31.6 Å². The maximum absolute atomic E-state index is 12.5. The molecule has 27 heavy (non-hydrogen) atoms. The topological polar surface area (TPSA) is 83.0 Å². The molecule has 0 saturated heterocycles. The van der Waals surface area contributed by atoms with Gasteiger partial charge in [0.15, 0.2) is 0 Å². The molecule has 1 aliphatic rings. The van der Waals surface area contributed by atoms with E-state index in [1.54, 1.807) is 0 Å². The molecule has 0 unspecified atom stereocenters. The summed E-state index contributed by atoms with van der Waals surface area (Å²) in [6, 6.07) is 10.1. The molecule has 0 spiro atoms. The summed E-state index contributed by atoms with van der Waals surface area (Å²) in [5, 5.41) is 0. The molecule has 0 radical (unpaired) electrons. The molecule has 0 fully saturated rings. The Kier molecular flexibility index (Phi) is 3.33. The van der Waals surface area contributed by atoms with Gasteiger partial charge in [-0.2, -0.15) is 0 Å². The van der Waals surface area contributed by atoms with E-state index in [0.717, 1.165) is 43.9 Å². The second-order valence-corrected chi connectivity index (χ2v) is 8.69. The Morgan fingerprint density at radius 1 is 1.19 bits per heavy atom. The van der Waals surface area contributed by atoms with Crippen LogP contribution < -0.4 is 16.1 Å². The van der Waals surface area contributed by atoms with Crippen LogP contribution in [0.3, 0.4) is 0 Å².